The summed E-state index contributed by atoms with van der Waals surface area (Å²) in [6.45, 7) is 2.29. The van der Waals surface area contributed by atoms with Crippen LogP contribution in [0.3, 0.4) is 0 Å². The third-order valence-corrected chi connectivity index (χ3v) is 5.49. The fraction of sp³-hybridized carbons (Fsp3) is 0.120. The van der Waals surface area contributed by atoms with E-state index in [9.17, 15) is 18.8 Å². The summed E-state index contributed by atoms with van der Waals surface area (Å²) in [6, 6.07) is 17.1. The molecular weight excluding hydrogens is 525 g/mol. The fourth-order valence-corrected chi connectivity index (χ4v) is 3.88. The number of halogens is 3. The van der Waals surface area contributed by atoms with Crippen LogP contribution < -0.4 is 10.1 Å². The maximum atomic E-state index is 13.6. The van der Waals surface area contributed by atoms with E-state index in [0.29, 0.717) is 30.0 Å². The molecule has 3 aromatic rings. The number of anilines is 1. The van der Waals surface area contributed by atoms with Gasteiger partial charge in [-0.3, -0.25) is 4.79 Å². The van der Waals surface area contributed by atoms with Crippen LogP contribution in [0.1, 0.15) is 23.6 Å². The van der Waals surface area contributed by atoms with E-state index in [-0.39, 0.29) is 11.4 Å². The van der Waals surface area contributed by atoms with Crippen molar-refractivity contribution in [2.75, 3.05) is 11.9 Å². The number of nitrogens with zero attached hydrogens (tertiary/aromatic N) is 1. The Morgan fingerprint density at radius 3 is 2.53 bits per heavy atom. The van der Waals surface area contributed by atoms with Gasteiger partial charge in [0.25, 0.3) is 5.91 Å². The van der Waals surface area contributed by atoms with Crippen LogP contribution in [0.4, 0.5) is 14.5 Å². The number of carbonyl (C=O) groups excluding carboxylic acids is 1. The van der Waals surface area contributed by atoms with E-state index in [1.54, 1.807) is 12.1 Å². The molecule has 0 saturated heterocycles. The van der Waals surface area contributed by atoms with Crippen LogP contribution in [0.5, 0.6) is 5.75 Å². The van der Waals surface area contributed by atoms with Crippen molar-refractivity contribution in [3.63, 3.8) is 0 Å². The summed E-state index contributed by atoms with van der Waals surface area (Å²) in [6.07, 6.45) is 1.95. The molecule has 0 fully saturated rings. The molecule has 7 heteroatoms. The summed E-state index contributed by atoms with van der Waals surface area (Å²) in [5.74, 6) is -0.724. The molecule has 0 aliphatic rings. The number of nitrogens with one attached hydrogen (secondary N) is 1. The van der Waals surface area contributed by atoms with Crippen molar-refractivity contribution in [3.8, 4) is 11.8 Å². The topological polar surface area (TPSA) is 62.1 Å². The molecule has 0 atom stereocenters. The molecule has 0 radical (unpaired) electrons. The Bertz CT molecular complexity index is 1200. The molecule has 3 rings (SSSR count). The first-order valence-corrected chi connectivity index (χ1v) is 10.9. The van der Waals surface area contributed by atoms with Crippen LogP contribution in [-0.4, -0.2) is 12.5 Å². The monoisotopic (exact) mass is 544 g/mol. The largest absolute Gasteiger partial charge is 0.494 e. The van der Waals surface area contributed by atoms with Gasteiger partial charge in [0.15, 0.2) is 0 Å². The second-order valence-corrected chi connectivity index (χ2v) is 8.01. The molecule has 1 amide bonds. The zero-order valence-corrected chi connectivity index (χ0v) is 19.3. The van der Waals surface area contributed by atoms with Gasteiger partial charge in [0.1, 0.15) is 29.0 Å². The van der Waals surface area contributed by atoms with Gasteiger partial charge in [0, 0.05) is 21.2 Å². The maximum Gasteiger partial charge on any atom is 0.266 e. The van der Waals surface area contributed by atoms with E-state index >= 15 is 0 Å². The van der Waals surface area contributed by atoms with Gasteiger partial charge in [-0.1, -0.05) is 12.1 Å². The first kappa shape index (κ1) is 23.4. The molecule has 0 unspecified atom stereocenters. The molecule has 1 N–H and O–H groups in total. The lowest BCUT2D eigenvalue weighted by molar-refractivity contribution is -0.112. The molecule has 0 saturated carbocycles. The highest BCUT2D eigenvalue weighted by molar-refractivity contribution is 14.1. The van der Waals surface area contributed by atoms with Crippen LogP contribution in [0.2, 0.25) is 0 Å². The minimum atomic E-state index is -0.601. The third-order valence-electron chi connectivity index (χ3n) is 4.52. The normalized spacial score (nSPS) is 11.0. The molecule has 0 heterocycles. The van der Waals surface area contributed by atoms with Crippen molar-refractivity contribution >= 4 is 40.3 Å². The van der Waals surface area contributed by atoms with Crippen molar-refractivity contribution in [3.05, 3.63) is 98.1 Å². The fourth-order valence-electron chi connectivity index (χ4n) is 3.07. The van der Waals surface area contributed by atoms with Crippen LogP contribution in [-0.2, 0) is 11.2 Å². The number of benzene rings is 3. The van der Waals surface area contributed by atoms with Crippen LogP contribution >= 0.6 is 22.6 Å². The Labute approximate surface area is 198 Å². The van der Waals surface area contributed by atoms with Crippen molar-refractivity contribution in [2.45, 2.75) is 13.3 Å². The Morgan fingerprint density at radius 2 is 1.88 bits per heavy atom. The van der Waals surface area contributed by atoms with Crippen LogP contribution in [0.25, 0.3) is 6.08 Å². The van der Waals surface area contributed by atoms with Crippen LogP contribution in [0, 0.1) is 26.5 Å². The highest BCUT2D eigenvalue weighted by Crippen LogP contribution is 2.30. The van der Waals surface area contributed by atoms with Crippen molar-refractivity contribution < 1.29 is 18.3 Å². The lowest BCUT2D eigenvalue weighted by atomic mass is 10.0. The highest BCUT2D eigenvalue weighted by Gasteiger charge is 2.14. The lowest BCUT2D eigenvalue weighted by Gasteiger charge is -2.14. The third kappa shape index (κ3) is 6.14. The van der Waals surface area contributed by atoms with Gasteiger partial charge in [0.05, 0.1) is 6.61 Å². The standard InChI is InChI=1S/C25H19F2IN2O2/c1-2-32-24-14-17(13-23(28)22(24)12-16-4-3-5-20(27)11-16)10-18(15-29)25(31)30-21-8-6-19(26)7-9-21/h3-11,13-14H,2,12H2,1H3,(H,30,31)/b18-10+. The number of carbonyl (C=O) groups is 1. The molecule has 0 aromatic heterocycles. The maximum absolute atomic E-state index is 13.6. The predicted octanol–water partition coefficient (Wildman–Crippen LogP) is 6.10. The van der Waals surface area contributed by atoms with Crippen LogP contribution in [0.15, 0.2) is 66.2 Å². The molecule has 4 nitrogen and oxygen atoms in total. The summed E-state index contributed by atoms with van der Waals surface area (Å²) in [4.78, 5) is 12.5. The Morgan fingerprint density at radius 1 is 1.12 bits per heavy atom. The molecule has 0 aliphatic heterocycles. The SMILES string of the molecule is CCOc1cc(/C=C(\C#N)C(=O)Nc2ccc(F)cc2)cc(I)c1Cc1cccc(F)c1. The Balaban J connectivity index is 1.90. The summed E-state index contributed by atoms with van der Waals surface area (Å²) in [7, 11) is 0. The summed E-state index contributed by atoms with van der Waals surface area (Å²) >= 11 is 2.16. The second-order valence-electron chi connectivity index (χ2n) is 6.85. The van der Waals surface area contributed by atoms with E-state index in [0.717, 1.165) is 14.7 Å². The first-order chi connectivity index (χ1) is 15.4. The second kappa shape index (κ2) is 10.9. The van der Waals surface area contributed by atoms with Gasteiger partial charge in [-0.2, -0.15) is 5.26 Å². The zero-order valence-electron chi connectivity index (χ0n) is 17.2. The number of nitriles is 1. The average molecular weight is 544 g/mol. The smallest absolute Gasteiger partial charge is 0.266 e. The van der Waals surface area contributed by atoms with Crippen molar-refractivity contribution in [2.24, 2.45) is 0 Å². The number of amides is 1. The Kier molecular flexibility index (Phi) is 7.95. The summed E-state index contributed by atoms with van der Waals surface area (Å²) in [5.41, 5.74) is 2.60. The van der Waals surface area contributed by atoms with Crippen molar-refractivity contribution in [1.29, 1.82) is 5.26 Å². The van der Waals surface area contributed by atoms with Gasteiger partial charge < -0.3 is 10.1 Å². The summed E-state index contributed by atoms with van der Waals surface area (Å²) < 4.78 is 33.3. The van der Waals surface area contributed by atoms with Gasteiger partial charge in [-0.25, -0.2) is 8.78 Å². The number of rotatable bonds is 7. The van der Waals surface area contributed by atoms with Gasteiger partial charge in [-0.05, 0) is 95.2 Å². The molecule has 3 aromatic carbocycles. The van der Waals surface area contributed by atoms with E-state index in [2.05, 4.69) is 27.9 Å². The predicted molar refractivity (Wildman–Crippen MR) is 128 cm³/mol. The molecule has 0 spiro atoms. The average Bonchev–Trinajstić information content (AvgIpc) is 2.76. The van der Waals surface area contributed by atoms with Crippen molar-refractivity contribution in [1.82, 2.24) is 0 Å². The van der Waals surface area contributed by atoms with E-state index in [4.69, 9.17) is 4.74 Å². The first-order valence-electron chi connectivity index (χ1n) is 9.78. The quantitative estimate of drug-likeness (QED) is 0.222. The molecular formula is C25H19F2IN2O2. The number of ether oxygens (including phenoxy) is 1. The van der Waals surface area contributed by atoms with E-state index in [1.807, 2.05) is 25.1 Å². The molecule has 162 valence electrons. The lowest BCUT2D eigenvalue weighted by Crippen LogP contribution is -2.13. The number of hydrogen-bond acceptors (Lipinski definition) is 3. The minimum Gasteiger partial charge on any atom is -0.494 e. The van der Waals surface area contributed by atoms with Gasteiger partial charge in [0.2, 0.25) is 0 Å². The zero-order chi connectivity index (χ0) is 23.1. The number of hydrogen-bond donors (Lipinski definition) is 1. The molecule has 32 heavy (non-hydrogen) atoms. The minimum absolute atomic E-state index is 0.106. The van der Waals surface area contributed by atoms with E-state index < -0.39 is 11.7 Å². The van der Waals surface area contributed by atoms with Gasteiger partial charge in [-0.15, -0.1) is 0 Å². The summed E-state index contributed by atoms with van der Waals surface area (Å²) in [5, 5.41) is 12.1. The highest BCUT2D eigenvalue weighted by atomic mass is 127. The Hall–Kier alpha value is -3.25. The molecule has 0 aliphatic carbocycles. The van der Waals surface area contributed by atoms with E-state index in [1.165, 1.54) is 42.5 Å². The molecule has 0 bridgehead atoms. The van der Waals surface area contributed by atoms with Gasteiger partial charge >= 0.3 is 0 Å².